The summed E-state index contributed by atoms with van der Waals surface area (Å²) in [6, 6.07) is 12.9. The highest BCUT2D eigenvalue weighted by Gasteiger charge is 2.37. The lowest BCUT2D eigenvalue weighted by Gasteiger charge is -2.31. The van der Waals surface area contributed by atoms with Crippen molar-refractivity contribution in [1.82, 2.24) is 14.9 Å². The maximum absolute atomic E-state index is 6.11. The number of nitrogens with one attached hydrogen (secondary N) is 1. The molecule has 0 bridgehead atoms. The lowest BCUT2D eigenvalue weighted by atomic mass is 9.98. The maximum Gasteiger partial charge on any atom is 0.124 e. The topological polar surface area (TPSA) is 65.9 Å². The second-order valence-corrected chi connectivity index (χ2v) is 9.26. The molecule has 3 aliphatic rings. The molecule has 0 spiro atoms. The highest BCUT2D eigenvalue weighted by molar-refractivity contribution is 8.03. The van der Waals surface area contributed by atoms with Crippen LogP contribution < -0.4 is 4.74 Å². The number of aliphatic imine (C=N–C) groups is 2. The van der Waals surface area contributed by atoms with Gasteiger partial charge in [0.05, 0.1) is 23.5 Å². The zero-order valence-electron chi connectivity index (χ0n) is 17.5. The summed E-state index contributed by atoms with van der Waals surface area (Å²) < 4.78 is 6.11. The van der Waals surface area contributed by atoms with Crippen molar-refractivity contribution >= 4 is 35.0 Å². The average Bonchev–Trinajstić information content (AvgIpc) is 3.26. The van der Waals surface area contributed by atoms with Gasteiger partial charge in [0.15, 0.2) is 0 Å². The molecule has 0 saturated carbocycles. The number of aromatic amines is 1. The molecule has 3 aliphatic heterocycles. The van der Waals surface area contributed by atoms with Crippen molar-refractivity contribution in [1.29, 1.82) is 0 Å². The van der Waals surface area contributed by atoms with E-state index in [2.05, 4.69) is 68.6 Å². The Bertz CT molecular complexity index is 1270. The van der Waals surface area contributed by atoms with Crippen molar-refractivity contribution in [2.75, 3.05) is 13.2 Å². The van der Waals surface area contributed by atoms with E-state index in [1.165, 1.54) is 22.3 Å². The maximum atomic E-state index is 6.11. The number of hydrogen-bond acceptors (Lipinski definition) is 6. The predicted octanol–water partition coefficient (Wildman–Crippen LogP) is 4.77. The highest BCUT2D eigenvalue weighted by Crippen LogP contribution is 2.40. The van der Waals surface area contributed by atoms with Crippen LogP contribution in [0.1, 0.15) is 18.3 Å². The Balaban J connectivity index is 1.34. The molecule has 2 atom stereocenters. The molecule has 31 heavy (non-hydrogen) atoms. The number of aromatic nitrogens is 2. The quantitative estimate of drug-likeness (QED) is 0.605. The molecule has 0 aliphatic carbocycles. The Morgan fingerprint density at radius 1 is 1.13 bits per heavy atom. The van der Waals surface area contributed by atoms with Crippen LogP contribution in [0.25, 0.3) is 22.2 Å². The van der Waals surface area contributed by atoms with E-state index in [4.69, 9.17) is 9.73 Å². The molecule has 0 fully saturated rings. The van der Waals surface area contributed by atoms with Gasteiger partial charge < -0.3 is 14.6 Å². The van der Waals surface area contributed by atoms with Crippen LogP contribution in [0.2, 0.25) is 0 Å². The molecule has 0 radical (unpaired) electrons. The van der Waals surface area contributed by atoms with Gasteiger partial charge in [-0.3, -0.25) is 4.99 Å². The molecular formula is C24H23N5OS. The Labute approximate surface area is 185 Å². The SMILES string of the molecule is CC1=CSC2N=CN=C(N3CCOc4ccc(-c5ccc6nc(C)[nH]c6c5)cc4C3)C12. The number of nitrogens with zero attached hydrogens (tertiary/aromatic N) is 4. The summed E-state index contributed by atoms with van der Waals surface area (Å²) >= 11 is 1.79. The summed E-state index contributed by atoms with van der Waals surface area (Å²) in [5.74, 6) is 3.25. The van der Waals surface area contributed by atoms with Crippen molar-refractivity contribution in [3.8, 4) is 16.9 Å². The van der Waals surface area contributed by atoms with Gasteiger partial charge in [-0.15, -0.1) is 11.8 Å². The molecule has 1 N–H and O–H groups in total. The minimum atomic E-state index is 0.215. The monoisotopic (exact) mass is 429 g/mol. The smallest absolute Gasteiger partial charge is 0.124 e. The summed E-state index contributed by atoms with van der Waals surface area (Å²) in [6.45, 7) is 6.41. The minimum absolute atomic E-state index is 0.215. The van der Waals surface area contributed by atoms with Crippen molar-refractivity contribution in [2.24, 2.45) is 15.9 Å². The van der Waals surface area contributed by atoms with Crippen molar-refractivity contribution in [3.63, 3.8) is 0 Å². The molecule has 7 heteroatoms. The molecule has 2 aromatic carbocycles. The highest BCUT2D eigenvalue weighted by atomic mass is 32.2. The summed E-state index contributed by atoms with van der Waals surface area (Å²) in [5.41, 5.74) is 6.93. The third-order valence-corrected chi connectivity index (χ3v) is 7.33. The number of aryl methyl sites for hydroxylation is 1. The molecule has 6 rings (SSSR count). The van der Waals surface area contributed by atoms with Crippen LogP contribution in [-0.4, -0.2) is 45.6 Å². The Kier molecular flexibility index (Phi) is 4.38. The molecule has 0 saturated heterocycles. The molecular weight excluding hydrogens is 406 g/mol. The summed E-state index contributed by atoms with van der Waals surface area (Å²) in [4.78, 5) is 19.5. The molecule has 1 aromatic heterocycles. The van der Waals surface area contributed by atoms with Crippen LogP contribution in [0.4, 0.5) is 0 Å². The van der Waals surface area contributed by atoms with Gasteiger partial charge >= 0.3 is 0 Å². The summed E-state index contributed by atoms with van der Waals surface area (Å²) in [6.07, 6.45) is 1.72. The number of benzene rings is 2. The Morgan fingerprint density at radius 2 is 2.00 bits per heavy atom. The third-order valence-electron chi connectivity index (χ3n) is 6.15. The molecule has 6 nitrogen and oxygen atoms in total. The first-order valence-corrected chi connectivity index (χ1v) is 11.5. The van der Waals surface area contributed by atoms with Crippen LogP contribution in [0.3, 0.4) is 0 Å². The van der Waals surface area contributed by atoms with Gasteiger partial charge in [-0.2, -0.15) is 0 Å². The normalized spacial score (nSPS) is 22.5. The van der Waals surface area contributed by atoms with E-state index in [1.54, 1.807) is 18.1 Å². The van der Waals surface area contributed by atoms with Crippen molar-refractivity contribution in [3.05, 3.63) is 58.8 Å². The number of H-pyrrole nitrogens is 1. The fourth-order valence-electron chi connectivity index (χ4n) is 4.61. The number of imidazole rings is 1. The Hall–Kier alpha value is -3.06. The van der Waals surface area contributed by atoms with Gasteiger partial charge in [0.25, 0.3) is 0 Å². The van der Waals surface area contributed by atoms with E-state index in [9.17, 15) is 0 Å². The van der Waals surface area contributed by atoms with E-state index in [-0.39, 0.29) is 11.3 Å². The average molecular weight is 430 g/mol. The van der Waals surface area contributed by atoms with Crippen molar-refractivity contribution < 1.29 is 4.74 Å². The van der Waals surface area contributed by atoms with E-state index in [0.717, 1.165) is 41.5 Å². The molecule has 2 unspecified atom stereocenters. The predicted molar refractivity (Wildman–Crippen MR) is 127 cm³/mol. The van der Waals surface area contributed by atoms with Crippen LogP contribution in [0.15, 0.2) is 57.4 Å². The molecule has 156 valence electrons. The molecule has 0 amide bonds. The summed E-state index contributed by atoms with van der Waals surface area (Å²) in [7, 11) is 0. The zero-order chi connectivity index (χ0) is 20.9. The van der Waals surface area contributed by atoms with Gasteiger partial charge in [0.2, 0.25) is 0 Å². The number of rotatable bonds is 1. The minimum Gasteiger partial charge on any atom is -0.491 e. The first kappa shape index (κ1) is 18.7. The fourth-order valence-corrected chi connectivity index (χ4v) is 5.73. The molecule has 4 heterocycles. The van der Waals surface area contributed by atoms with E-state index >= 15 is 0 Å². The number of thioether (sulfide) groups is 1. The standard InChI is InChI=1S/C24H23N5OS/c1-14-12-31-24-22(14)23(25-13-26-24)29-7-8-30-21-6-4-16(9-18(21)11-29)17-3-5-19-20(10-17)28-15(2)27-19/h3-6,9-10,12-13,22,24H,7-8,11H2,1-2H3,(H,27,28). The van der Waals surface area contributed by atoms with Gasteiger partial charge in [0.1, 0.15) is 35.7 Å². The molecule has 3 aromatic rings. The van der Waals surface area contributed by atoms with Gasteiger partial charge in [-0.25, -0.2) is 9.98 Å². The third kappa shape index (κ3) is 3.24. The van der Waals surface area contributed by atoms with Gasteiger partial charge in [0, 0.05) is 12.1 Å². The first-order valence-electron chi connectivity index (χ1n) is 10.5. The number of ether oxygens (including phenoxy) is 1. The Morgan fingerprint density at radius 3 is 2.94 bits per heavy atom. The van der Waals surface area contributed by atoms with Crippen LogP contribution in [0, 0.1) is 12.8 Å². The number of fused-ring (bicyclic) bond motifs is 3. The largest absolute Gasteiger partial charge is 0.491 e. The van der Waals surface area contributed by atoms with Crippen LogP contribution in [-0.2, 0) is 6.54 Å². The fraction of sp³-hybridized carbons (Fsp3) is 0.292. The second kappa shape index (κ2) is 7.27. The number of amidine groups is 1. The van der Waals surface area contributed by atoms with Crippen LogP contribution in [0.5, 0.6) is 5.75 Å². The van der Waals surface area contributed by atoms with E-state index < -0.39 is 0 Å². The van der Waals surface area contributed by atoms with Crippen LogP contribution >= 0.6 is 11.8 Å². The van der Waals surface area contributed by atoms with Crippen molar-refractivity contribution in [2.45, 2.75) is 25.8 Å². The zero-order valence-corrected chi connectivity index (χ0v) is 18.3. The lowest BCUT2D eigenvalue weighted by Crippen LogP contribution is -2.41. The summed E-state index contributed by atoms with van der Waals surface area (Å²) in [5, 5.41) is 2.44. The number of hydrogen-bond donors (Lipinski definition) is 1. The van der Waals surface area contributed by atoms with E-state index in [1.807, 2.05) is 6.92 Å². The second-order valence-electron chi connectivity index (χ2n) is 8.26. The first-order chi connectivity index (χ1) is 15.2. The van der Waals surface area contributed by atoms with Gasteiger partial charge in [-0.05, 0) is 54.6 Å². The van der Waals surface area contributed by atoms with E-state index in [0.29, 0.717) is 6.61 Å². The van der Waals surface area contributed by atoms with Gasteiger partial charge in [-0.1, -0.05) is 17.7 Å². The lowest BCUT2D eigenvalue weighted by molar-refractivity contribution is 0.285.